The van der Waals surface area contributed by atoms with Gasteiger partial charge in [0.15, 0.2) is 0 Å². The van der Waals surface area contributed by atoms with Crippen molar-refractivity contribution in [3.05, 3.63) is 23.8 Å². The van der Waals surface area contributed by atoms with Crippen molar-refractivity contribution in [1.29, 1.82) is 0 Å². The third-order valence-electron chi connectivity index (χ3n) is 1.46. The van der Waals surface area contributed by atoms with Crippen LogP contribution in [0, 0.1) is 0 Å². The largest absolute Gasteiger partial charge is 0.507 e. The number of aromatic hydroxyl groups is 1. The van der Waals surface area contributed by atoms with Gasteiger partial charge in [-0.2, -0.15) is 0 Å². The maximum atomic E-state index is 11.1. The molecule has 70 valence electrons. The van der Waals surface area contributed by atoms with E-state index in [4.69, 9.17) is 0 Å². The first-order chi connectivity index (χ1) is 6.19. The van der Waals surface area contributed by atoms with Crippen molar-refractivity contribution in [2.45, 2.75) is 4.90 Å². The van der Waals surface area contributed by atoms with Gasteiger partial charge in [0.05, 0.1) is 7.11 Å². The quantitative estimate of drug-likeness (QED) is 0.833. The highest BCUT2D eigenvalue weighted by molar-refractivity contribution is 9.50. The lowest BCUT2D eigenvalue weighted by molar-refractivity contribution is 0.0597. The van der Waals surface area contributed by atoms with E-state index in [1.54, 1.807) is 12.1 Å². The lowest BCUT2D eigenvalue weighted by Gasteiger charge is -2.03. The first-order valence-corrected chi connectivity index (χ1v) is 6.05. The van der Waals surface area contributed by atoms with Crippen LogP contribution in [-0.2, 0) is 4.74 Å². The van der Waals surface area contributed by atoms with E-state index in [-0.39, 0.29) is 11.3 Å². The number of ether oxygens (including phenoxy) is 1. The van der Waals surface area contributed by atoms with Gasteiger partial charge in [0, 0.05) is 4.90 Å². The van der Waals surface area contributed by atoms with E-state index >= 15 is 0 Å². The lowest BCUT2D eigenvalue weighted by Crippen LogP contribution is -2.01. The fourth-order valence-corrected chi connectivity index (χ4v) is 1.72. The molecule has 0 saturated carbocycles. The summed E-state index contributed by atoms with van der Waals surface area (Å²) >= 11 is 3.17. The van der Waals surface area contributed by atoms with Crippen LogP contribution in [0.1, 0.15) is 10.4 Å². The minimum Gasteiger partial charge on any atom is -0.507 e. The number of carbonyl (C=O) groups excluding carboxylic acids is 1. The molecular formula is C8H7BrO3S. The Labute approximate surface area is 87.3 Å². The van der Waals surface area contributed by atoms with Crippen molar-refractivity contribution in [1.82, 2.24) is 0 Å². The van der Waals surface area contributed by atoms with Crippen LogP contribution in [0.15, 0.2) is 23.1 Å². The molecule has 0 heterocycles. The van der Waals surface area contributed by atoms with Crippen LogP contribution in [0.4, 0.5) is 0 Å². The summed E-state index contributed by atoms with van der Waals surface area (Å²) in [6.45, 7) is 0. The molecule has 5 heteroatoms. The van der Waals surface area contributed by atoms with Crippen LogP contribution in [0.3, 0.4) is 0 Å². The Morgan fingerprint density at radius 3 is 2.85 bits per heavy atom. The Bertz CT molecular complexity index is 327. The number of halogens is 1. The fourth-order valence-electron chi connectivity index (χ4n) is 0.837. The van der Waals surface area contributed by atoms with Gasteiger partial charge in [-0.3, -0.25) is 0 Å². The summed E-state index contributed by atoms with van der Waals surface area (Å²) in [5.74, 6) is -0.613. The highest BCUT2D eigenvalue weighted by atomic mass is 79.9. The van der Waals surface area contributed by atoms with Crippen LogP contribution >= 0.6 is 25.0 Å². The van der Waals surface area contributed by atoms with Gasteiger partial charge >= 0.3 is 5.97 Å². The maximum absolute atomic E-state index is 11.1. The first-order valence-electron chi connectivity index (χ1n) is 3.39. The van der Waals surface area contributed by atoms with Crippen LogP contribution < -0.4 is 0 Å². The molecule has 0 aliphatic heterocycles. The van der Waals surface area contributed by atoms with Crippen LogP contribution in [0.2, 0.25) is 0 Å². The normalized spacial score (nSPS) is 9.69. The smallest absolute Gasteiger partial charge is 0.341 e. The van der Waals surface area contributed by atoms with E-state index < -0.39 is 5.97 Å². The van der Waals surface area contributed by atoms with Crippen molar-refractivity contribution in [3.8, 4) is 5.75 Å². The molecule has 0 aromatic heterocycles. The topological polar surface area (TPSA) is 46.5 Å². The summed E-state index contributed by atoms with van der Waals surface area (Å²) in [5, 5.41) is 9.31. The zero-order valence-electron chi connectivity index (χ0n) is 6.78. The number of esters is 1. The zero-order valence-corrected chi connectivity index (χ0v) is 9.18. The molecule has 0 amide bonds. The maximum Gasteiger partial charge on any atom is 0.341 e. The summed E-state index contributed by atoms with van der Waals surface area (Å²) < 4.78 is 4.49. The highest BCUT2D eigenvalue weighted by Crippen LogP contribution is 2.29. The number of benzene rings is 1. The molecular weight excluding hydrogens is 256 g/mol. The molecule has 13 heavy (non-hydrogen) atoms. The minimum absolute atomic E-state index is 0.0721. The minimum atomic E-state index is -0.541. The van der Waals surface area contributed by atoms with Crippen LogP contribution in [0.25, 0.3) is 0 Å². The molecule has 0 fully saturated rings. The Kier molecular flexibility index (Phi) is 3.62. The molecule has 0 spiro atoms. The summed E-state index contributed by atoms with van der Waals surface area (Å²) in [6, 6.07) is 4.71. The molecule has 0 saturated heterocycles. The molecule has 0 bridgehead atoms. The molecule has 1 aromatic carbocycles. The summed E-state index contributed by atoms with van der Waals surface area (Å²) in [6.07, 6.45) is 0. The van der Waals surface area contributed by atoms with Crippen molar-refractivity contribution in [2.75, 3.05) is 7.11 Å². The van der Waals surface area contributed by atoms with Crippen molar-refractivity contribution < 1.29 is 14.6 Å². The number of carbonyl (C=O) groups is 1. The average molecular weight is 263 g/mol. The summed E-state index contributed by atoms with van der Waals surface area (Å²) in [5.41, 5.74) is 0.173. The Balaban J connectivity index is 3.11. The fraction of sp³-hybridized carbons (Fsp3) is 0.125. The number of methoxy groups -OCH3 is 1. The van der Waals surface area contributed by atoms with Gasteiger partial charge in [-0.05, 0) is 43.2 Å². The van der Waals surface area contributed by atoms with Gasteiger partial charge in [-0.1, -0.05) is 0 Å². The number of phenolic OH excluding ortho intramolecular Hbond substituents is 1. The van der Waals surface area contributed by atoms with Gasteiger partial charge in [0.25, 0.3) is 0 Å². The molecule has 1 rings (SSSR count). The molecule has 1 aromatic rings. The third kappa shape index (κ3) is 2.38. The van der Waals surface area contributed by atoms with Gasteiger partial charge in [0.1, 0.15) is 11.3 Å². The molecule has 1 N–H and O–H groups in total. The SMILES string of the molecule is COC(=O)c1cc(SBr)ccc1O. The van der Waals surface area contributed by atoms with E-state index in [0.717, 1.165) is 4.90 Å². The second kappa shape index (κ2) is 4.53. The molecule has 3 nitrogen and oxygen atoms in total. The van der Waals surface area contributed by atoms with Gasteiger partial charge in [-0.25, -0.2) is 4.79 Å². The predicted molar refractivity (Wildman–Crippen MR) is 54.2 cm³/mol. The van der Waals surface area contributed by atoms with E-state index in [0.29, 0.717) is 0 Å². The third-order valence-corrected chi connectivity index (χ3v) is 3.02. The molecule has 0 aliphatic rings. The molecule has 0 unspecified atom stereocenters. The van der Waals surface area contributed by atoms with Crippen molar-refractivity contribution >= 4 is 31.0 Å². The summed E-state index contributed by atoms with van der Waals surface area (Å²) in [4.78, 5) is 11.9. The first kappa shape index (κ1) is 10.4. The van der Waals surface area contributed by atoms with Gasteiger partial charge < -0.3 is 9.84 Å². The van der Waals surface area contributed by atoms with E-state index in [2.05, 4.69) is 19.5 Å². The average Bonchev–Trinajstić information content (AvgIpc) is 2.17. The predicted octanol–water partition coefficient (Wildman–Crippen LogP) is 2.58. The van der Waals surface area contributed by atoms with E-state index in [9.17, 15) is 9.90 Å². The van der Waals surface area contributed by atoms with Gasteiger partial charge in [-0.15, -0.1) is 0 Å². The standard InChI is InChI=1S/C8H7BrO3S/c1-12-8(11)6-4-5(13-9)2-3-7(6)10/h2-4,10H,1H3. The second-order valence-electron chi connectivity index (χ2n) is 2.25. The monoisotopic (exact) mass is 262 g/mol. The second-order valence-corrected chi connectivity index (χ2v) is 3.84. The van der Waals surface area contributed by atoms with Gasteiger partial charge in [0.2, 0.25) is 0 Å². The van der Waals surface area contributed by atoms with Crippen LogP contribution in [0.5, 0.6) is 5.75 Å². The highest BCUT2D eigenvalue weighted by Gasteiger charge is 2.11. The number of rotatable bonds is 2. The Hall–Kier alpha value is -0.680. The number of phenols is 1. The number of hydrogen-bond donors (Lipinski definition) is 1. The Morgan fingerprint density at radius 1 is 1.62 bits per heavy atom. The Morgan fingerprint density at radius 2 is 2.31 bits per heavy atom. The van der Waals surface area contributed by atoms with Crippen molar-refractivity contribution in [3.63, 3.8) is 0 Å². The summed E-state index contributed by atoms with van der Waals surface area (Å²) in [7, 11) is 2.59. The van der Waals surface area contributed by atoms with Crippen LogP contribution in [-0.4, -0.2) is 18.2 Å². The lowest BCUT2D eigenvalue weighted by atomic mass is 10.2. The molecule has 0 aliphatic carbocycles. The molecule has 0 radical (unpaired) electrons. The number of hydrogen-bond acceptors (Lipinski definition) is 4. The molecule has 0 atom stereocenters. The van der Waals surface area contributed by atoms with E-state index in [1.165, 1.54) is 23.4 Å². The van der Waals surface area contributed by atoms with E-state index in [1.807, 2.05) is 0 Å². The zero-order chi connectivity index (χ0) is 9.84. The van der Waals surface area contributed by atoms with Crippen molar-refractivity contribution in [2.24, 2.45) is 0 Å².